The number of hydrogen-bond acceptors (Lipinski definition) is 4. The number of hydrogen-bond donors (Lipinski definition) is 1. The highest BCUT2D eigenvalue weighted by Crippen LogP contribution is 2.21. The standard InChI is InChI=1S/C11H16N4S/c1-8(6-15-5-4-12-7-15)13-11-14-9(2)10(3)16-11/h4-5,7-8H,6H2,1-3H3,(H,13,14). The molecular formula is C11H16N4S. The van der Waals surface area contributed by atoms with Crippen molar-refractivity contribution >= 4 is 16.5 Å². The third-order valence-corrected chi connectivity index (χ3v) is 3.45. The van der Waals surface area contributed by atoms with E-state index in [1.807, 2.05) is 19.4 Å². The maximum Gasteiger partial charge on any atom is 0.183 e. The molecule has 0 aliphatic heterocycles. The fourth-order valence-electron chi connectivity index (χ4n) is 1.50. The van der Waals surface area contributed by atoms with Gasteiger partial charge in [0, 0.05) is 29.9 Å². The summed E-state index contributed by atoms with van der Waals surface area (Å²) < 4.78 is 2.06. The fourth-order valence-corrected chi connectivity index (χ4v) is 2.43. The van der Waals surface area contributed by atoms with Crippen LogP contribution < -0.4 is 5.32 Å². The molecule has 1 atom stereocenters. The summed E-state index contributed by atoms with van der Waals surface area (Å²) in [4.78, 5) is 9.76. The summed E-state index contributed by atoms with van der Waals surface area (Å²) in [5.74, 6) is 0. The molecule has 1 N–H and O–H groups in total. The predicted octanol–water partition coefficient (Wildman–Crippen LogP) is 2.46. The van der Waals surface area contributed by atoms with Crippen molar-refractivity contribution in [2.45, 2.75) is 33.4 Å². The van der Waals surface area contributed by atoms with E-state index in [-0.39, 0.29) is 0 Å². The highest BCUT2D eigenvalue weighted by Gasteiger charge is 2.07. The molecule has 0 aromatic carbocycles. The highest BCUT2D eigenvalue weighted by atomic mass is 32.1. The molecular weight excluding hydrogens is 220 g/mol. The van der Waals surface area contributed by atoms with Gasteiger partial charge in [0.2, 0.25) is 0 Å². The van der Waals surface area contributed by atoms with Crippen LogP contribution in [0.3, 0.4) is 0 Å². The van der Waals surface area contributed by atoms with Crippen LogP contribution in [0.4, 0.5) is 5.13 Å². The molecule has 16 heavy (non-hydrogen) atoms. The molecule has 0 radical (unpaired) electrons. The van der Waals surface area contributed by atoms with Crippen LogP contribution in [0.1, 0.15) is 17.5 Å². The summed E-state index contributed by atoms with van der Waals surface area (Å²) in [5.41, 5.74) is 1.11. The normalized spacial score (nSPS) is 12.7. The van der Waals surface area contributed by atoms with Crippen molar-refractivity contribution in [2.75, 3.05) is 5.32 Å². The monoisotopic (exact) mass is 236 g/mol. The average Bonchev–Trinajstić information content (AvgIpc) is 2.78. The molecule has 86 valence electrons. The minimum atomic E-state index is 0.346. The summed E-state index contributed by atoms with van der Waals surface area (Å²) in [5, 5.41) is 4.40. The molecule has 2 rings (SSSR count). The first-order valence-electron chi connectivity index (χ1n) is 5.31. The van der Waals surface area contributed by atoms with Crippen molar-refractivity contribution in [3.05, 3.63) is 29.3 Å². The van der Waals surface area contributed by atoms with Gasteiger partial charge < -0.3 is 9.88 Å². The quantitative estimate of drug-likeness (QED) is 0.886. The van der Waals surface area contributed by atoms with E-state index < -0.39 is 0 Å². The molecule has 0 saturated carbocycles. The number of imidazole rings is 1. The topological polar surface area (TPSA) is 42.7 Å². The number of aryl methyl sites for hydroxylation is 2. The molecule has 5 heteroatoms. The molecule has 4 nitrogen and oxygen atoms in total. The number of aromatic nitrogens is 3. The van der Waals surface area contributed by atoms with Gasteiger partial charge in [0.25, 0.3) is 0 Å². The number of anilines is 1. The van der Waals surface area contributed by atoms with Crippen molar-refractivity contribution < 1.29 is 0 Å². The van der Waals surface area contributed by atoms with Crippen molar-refractivity contribution in [1.29, 1.82) is 0 Å². The molecule has 0 saturated heterocycles. The van der Waals surface area contributed by atoms with E-state index in [1.165, 1.54) is 4.88 Å². The van der Waals surface area contributed by atoms with Crippen molar-refractivity contribution in [1.82, 2.24) is 14.5 Å². The predicted molar refractivity (Wildman–Crippen MR) is 66.9 cm³/mol. The van der Waals surface area contributed by atoms with E-state index in [1.54, 1.807) is 17.5 Å². The largest absolute Gasteiger partial charge is 0.357 e. The Kier molecular flexibility index (Phi) is 3.24. The number of rotatable bonds is 4. The van der Waals surface area contributed by atoms with Crippen molar-refractivity contribution in [3.63, 3.8) is 0 Å². The van der Waals surface area contributed by atoms with Crippen molar-refractivity contribution in [2.24, 2.45) is 0 Å². The molecule has 0 aliphatic rings. The molecule has 0 fully saturated rings. The van der Waals surface area contributed by atoms with Gasteiger partial charge >= 0.3 is 0 Å². The van der Waals surface area contributed by atoms with E-state index in [0.717, 1.165) is 17.4 Å². The Morgan fingerprint density at radius 1 is 1.50 bits per heavy atom. The zero-order valence-electron chi connectivity index (χ0n) is 9.77. The van der Waals surface area contributed by atoms with Crippen LogP contribution >= 0.6 is 11.3 Å². The van der Waals surface area contributed by atoms with Crippen LogP contribution in [0.2, 0.25) is 0 Å². The summed E-state index contributed by atoms with van der Waals surface area (Å²) in [6.45, 7) is 7.18. The Morgan fingerprint density at radius 3 is 2.88 bits per heavy atom. The van der Waals surface area contributed by atoms with E-state index in [4.69, 9.17) is 0 Å². The smallest absolute Gasteiger partial charge is 0.183 e. The van der Waals surface area contributed by atoms with Crippen LogP contribution in [0.15, 0.2) is 18.7 Å². The average molecular weight is 236 g/mol. The molecule has 0 aliphatic carbocycles. The van der Waals surface area contributed by atoms with Crippen molar-refractivity contribution in [3.8, 4) is 0 Å². The lowest BCUT2D eigenvalue weighted by atomic mass is 10.3. The van der Waals surface area contributed by atoms with E-state index in [0.29, 0.717) is 6.04 Å². The molecule has 2 aromatic heterocycles. The zero-order chi connectivity index (χ0) is 11.5. The van der Waals surface area contributed by atoms with Gasteiger partial charge in [0.1, 0.15) is 0 Å². The first kappa shape index (κ1) is 11.1. The van der Waals surface area contributed by atoms with Gasteiger partial charge in [0.05, 0.1) is 12.0 Å². The zero-order valence-corrected chi connectivity index (χ0v) is 10.6. The molecule has 0 bridgehead atoms. The third kappa shape index (κ3) is 2.61. The SMILES string of the molecule is Cc1nc(NC(C)Cn2ccnc2)sc1C. The number of nitrogens with zero attached hydrogens (tertiary/aromatic N) is 3. The molecule has 2 aromatic rings. The summed E-state index contributed by atoms with van der Waals surface area (Å²) in [6, 6.07) is 0.346. The summed E-state index contributed by atoms with van der Waals surface area (Å²) >= 11 is 1.71. The van der Waals surface area contributed by atoms with Crippen LogP contribution in [-0.4, -0.2) is 20.6 Å². The minimum absolute atomic E-state index is 0.346. The lowest BCUT2D eigenvalue weighted by molar-refractivity contribution is 0.618. The molecule has 2 heterocycles. The van der Waals surface area contributed by atoms with Gasteiger partial charge in [0.15, 0.2) is 5.13 Å². The molecule has 1 unspecified atom stereocenters. The fraction of sp³-hybridized carbons (Fsp3) is 0.455. The van der Waals surface area contributed by atoms with Crippen LogP contribution in [-0.2, 0) is 6.54 Å². The van der Waals surface area contributed by atoms with E-state index >= 15 is 0 Å². The first-order chi connectivity index (χ1) is 7.65. The molecule has 0 amide bonds. The van der Waals surface area contributed by atoms with Gasteiger partial charge in [-0.15, -0.1) is 11.3 Å². The van der Waals surface area contributed by atoms with Crippen LogP contribution in [0.5, 0.6) is 0 Å². The highest BCUT2D eigenvalue weighted by molar-refractivity contribution is 7.15. The first-order valence-corrected chi connectivity index (χ1v) is 6.13. The second kappa shape index (κ2) is 4.65. The van der Waals surface area contributed by atoms with Gasteiger partial charge in [-0.1, -0.05) is 0 Å². The second-order valence-corrected chi connectivity index (χ2v) is 5.17. The lowest BCUT2D eigenvalue weighted by Gasteiger charge is -2.12. The Bertz CT molecular complexity index is 427. The maximum absolute atomic E-state index is 4.46. The Balaban J connectivity index is 1.94. The maximum atomic E-state index is 4.46. The second-order valence-electron chi connectivity index (χ2n) is 3.97. The van der Waals surface area contributed by atoms with Gasteiger partial charge in [-0.3, -0.25) is 0 Å². The van der Waals surface area contributed by atoms with Gasteiger partial charge in [-0.05, 0) is 20.8 Å². The Hall–Kier alpha value is -1.36. The minimum Gasteiger partial charge on any atom is -0.357 e. The summed E-state index contributed by atoms with van der Waals surface area (Å²) in [6.07, 6.45) is 5.59. The molecule has 0 spiro atoms. The van der Waals surface area contributed by atoms with Gasteiger partial charge in [-0.25, -0.2) is 9.97 Å². The number of thiazole rings is 1. The Labute approximate surface area is 99.4 Å². The summed E-state index contributed by atoms with van der Waals surface area (Å²) in [7, 11) is 0. The van der Waals surface area contributed by atoms with Gasteiger partial charge in [-0.2, -0.15) is 0 Å². The van der Waals surface area contributed by atoms with Crippen LogP contribution in [0, 0.1) is 13.8 Å². The number of nitrogens with one attached hydrogen (secondary N) is 1. The lowest BCUT2D eigenvalue weighted by Crippen LogP contribution is -2.21. The Morgan fingerprint density at radius 2 is 2.31 bits per heavy atom. The van der Waals surface area contributed by atoms with E-state index in [2.05, 4.69) is 33.7 Å². The van der Waals surface area contributed by atoms with Crippen LogP contribution in [0.25, 0.3) is 0 Å². The van der Waals surface area contributed by atoms with E-state index in [9.17, 15) is 0 Å². The third-order valence-electron chi connectivity index (χ3n) is 2.44.